The van der Waals surface area contributed by atoms with E-state index in [0.717, 1.165) is 9.37 Å². The van der Waals surface area contributed by atoms with Crippen LogP contribution in [0.5, 0.6) is 0 Å². The van der Waals surface area contributed by atoms with Crippen molar-refractivity contribution >= 4 is 62.2 Å². The molecule has 1 heterocycles. The summed E-state index contributed by atoms with van der Waals surface area (Å²) in [6, 6.07) is 18.5. The van der Waals surface area contributed by atoms with Gasteiger partial charge >= 0.3 is 0 Å². The number of thiophene rings is 1. The van der Waals surface area contributed by atoms with Gasteiger partial charge in [-0.05, 0) is 53.9 Å². The fourth-order valence-electron chi connectivity index (χ4n) is 2.14. The number of carbonyl (C=O) groups excluding carboxylic acids is 2. The molecular formula is C19H15BrN2O2S2. The summed E-state index contributed by atoms with van der Waals surface area (Å²) in [5.74, 6) is 0.111. The van der Waals surface area contributed by atoms with E-state index in [0.29, 0.717) is 22.0 Å². The Morgan fingerprint density at radius 1 is 0.962 bits per heavy atom. The molecule has 0 atom stereocenters. The van der Waals surface area contributed by atoms with Crippen molar-refractivity contribution in [1.82, 2.24) is 0 Å². The lowest BCUT2D eigenvalue weighted by Crippen LogP contribution is -2.14. The first-order chi connectivity index (χ1) is 12.6. The van der Waals surface area contributed by atoms with Crippen LogP contribution in [0.25, 0.3) is 0 Å². The van der Waals surface area contributed by atoms with Gasteiger partial charge in [-0.1, -0.05) is 28.1 Å². The van der Waals surface area contributed by atoms with Crippen LogP contribution in [-0.4, -0.2) is 17.6 Å². The first kappa shape index (κ1) is 18.7. The second-order valence-corrected chi connectivity index (χ2v) is 8.22. The van der Waals surface area contributed by atoms with E-state index in [1.54, 1.807) is 30.3 Å². The molecule has 0 unspecified atom stereocenters. The molecule has 0 fully saturated rings. The van der Waals surface area contributed by atoms with Crippen molar-refractivity contribution in [3.05, 3.63) is 75.4 Å². The number of hydrogen-bond acceptors (Lipinski definition) is 4. The van der Waals surface area contributed by atoms with E-state index < -0.39 is 0 Å². The van der Waals surface area contributed by atoms with Crippen molar-refractivity contribution in [3.63, 3.8) is 0 Å². The van der Waals surface area contributed by atoms with Crippen LogP contribution in [0.4, 0.5) is 11.4 Å². The lowest BCUT2D eigenvalue weighted by Gasteiger charge is -2.08. The fraction of sp³-hybridized carbons (Fsp3) is 0.0526. The first-order valence-corrected chi connectivity index (χ1v) is 10.4. The molecule has 0 spiro atoms. The van der Waals surface area contributed by atoms with Gasteiger partial charge in [0.2, 0.25) is 5.91 Å². The SMILES string of the molecule is O=C(CSc1cccc(Br)c1)Nc1ccc(NC(=O)c2cccs2)cc1. The van der Waals surface area contributed by atoms with E-state index >= 15 is 0 Å². The fourth-order valence-corrected chi connectivity index (χ4v) is 4.06. The second-order valence-electron chi connectivity index (χ2n) is 5.30. The quantitative estimate of drug-likeness (QED) is 0.491. The van der Waals surface area contributed by atoms with Crippen molar-refractivity contribution in [2.24, 2.45) is 0 Å². The summed E-state index contributed by atoms with van der Waals surface area (Å²) >= 11 is 6.28. The van der Waals surface area contributed by atoms with Crippen molar-refractivity contribution in [1.29, 1.82) is 0 Å². The lowest BCUT2D eigenvalue weighted by molar-refractivity contribution is -0.113. The lowest BCUT2D eigenvalue weighted by atomic mass is 10.2. The maximum atomic E-state index is 12.1. The van der Waals surface area contributed by atoms with Gasteiger partial charge in [0.1, 0.15) is 0 Å². The normalized spacial score (nSPS) is 10.3. The molecule has 3 aromatic rings. The highest BCUT2D eigenvalue weighted by atomic mass is 79.9. The molecule has 0 saturated carbocycles. The summed E-state index contributed by atoms with van der Waals surface area (Å²) in [4.78, 5) is 25.8. The third kappa shape index (κ3) is 5.45. The number of amides is 2. The van der Waals surface area contributed by atoms with Gasteiger partial charge in [-0.25, -0.2) is 0 Å². The van der Waals surface area contributed by atoms with Gasteiger partial charge in [-0.15, -0.1) is 23.1 Å². The molecule has 7 heteroatoms. The smallest absolute Gasteiger partial charge is 0.265 e. The van der Waals surface area contributed by atoms with Gasteiger partial charge in [0.15, 0.2) is 0 Å². The number of carbonyl (C=O) groups is 2. The number of nitrogens with one attached hydrogen (secondary N) is 2. The molecule has 0 bridgehead atoms. The van der Waals surface area contributed by atoms with Crippen LogP contribution in [-0.2, 0) is 4.79 Å². The predicted octanol–water partition coefficient (Wildman–Crippen LogP) is 5.49. The molecule has 2 amide bonds. The Labute approximate surface area is 168 Å². The highest BCUT2D eigenvalue weighted by Crippen LogP contribution is 2.22. The van der Waals surface area contributed by atoms with Gasteiger partial charge in [0.25, 0.3) is 5.91 Å². The molecule has 3 rings (SSSR count). The van der Waals surface area contributed by atoms with Crippen LogP contribution in [0.1, 0.15) is 9.67 Å². The van der Waals surface area contributed by atoms with Crippen LogP contribution < -0.4 is 10.6 Å². The average molecular weight is 447 g/mol. The van der Waals surface area contributed by atoms with Gasteiger partial charge in [-0.2, -0.15) is 0 Å². The summed E-state index contributed by atoms with van der Waals surface area (Å²) in [7, 11) is 0. The average Bonchev–Trinajstić information content (AvgIpc) is 3.17. The van der Waals surface area contributed by atoms with E-state index in [9.17, 15) is 9.59 Å². The van der Waals surface area contributed by atoms with Crippen LogP contribution in [0, 0.1) is 0 Å². The zero-order chi connectivity index (χ0) is 18.4. The molecule has 0 saturated heterocycles. The maximum absolute atomic E-state index is 12.1. The molecule has 1 aromatic heterocycles. The Kier molecular flexibility index (Phi) is 6.49. The number of hydrogen-bond donors (Lipinski definition) is 2. The van der Waals surface area contributed by atoms with Crippen LogP contribution in [0.3, 0.4) is 0 Å². The number of anilines is 2. The van der Waals surface area contributed by atoms with Crippen molar-refractivity contribution < 1.29 is 9.59 Å². The zero-order valence-electron chi connectivity index (χ0n) is 13.6. The molecule has 132 valence electrons. The first-order valence-electron chi connectivity index (χ1n) is 7.73. The third-order valence-electron chi connectivity index (χ3n) is 3.34. The Bertz CT molecular complexity index is 896. The predicted molar refractivity (Wildman–Crippen MR) is 112 cm³/mol. The van der Waals surface area contributed by atoms with Crippen LogP contribution >= 0.6 is 39.0 Å². The maximum Gasteiger partial charge on any atom is 0.265 e. The van der Waals surface area contributed by atoms with E-state index in [-0.39, 0.29) is 11.8 Å². The van der Waals surface area contributed by atoms with Crippen molar-refractivity contribution in [3.8, 4) is 0 Å². The molecular weight excluding hydrogens is 432 g/mol. The van der Waals surface area contributed by atoms with Crippen LogP contribution in [0.15, 0.2) is 75.4 Å². The minimum absolute atomic E-state index is 0.0784. The molecule has 26 heavy (non-hydrogen) atoms. The van der Waals surface area contributed by atoms with E-state index in [4.69, 9.17) is 0 Å². The van der Waals surface area contributed by atoms with Gasteiger partial charge in [-0.3, -0.25) is 9.59 Å². The molecule has 2 N–H and O–H groups in total. The summed E-state index contributed by atoms with van der Waals surface area (Å²) in [6.45, 7) is 0. The number of rotatable bonds is 6. The minimum atomic E-state index is -0.137. The second kappa shape index (κ2) is 9.02. The molecule has 0 aliphatic carbocycles. The summed E-state index contributed by atoms with van der Waals surface area (Å²) < 4.78 is 0.989. The Morgan fingerprint density at radius 2 is 1.69 bits per heavy atom. The number of halogens is 1. The Balaban J connectivity index is 1.50. The van der Waals surface area contributed by atoms with E-state index in [1.165, 1.54) is 23.1 Å². The Hall–Kier alpha value is -2.09. The largest absolute Gasteiger partial charge is 0.325 e. The van der Waals surface area contributed by atoms with Gasteiger partial charge in [0, 0.05) is 20.7 Å². The van der Waals surface area contributed by atoms with E-state index in [1.807, 2.05) is 35.7 Å². The Morgan fingerprint density at radius 3 is 2.35 bits per heavy atom. The minimum Gasteiger partial charge on any atom is -0.325 e. The highest BCUT2D eigenvalue weighted by Gasteiger charge is 2.08. The number of thioether (sulfide) groups is 1. The molecule has 4 nitrogen and oxygen atoms in total. The van der Waals surface area contributed by atoms with Gasteiger partial charge in [0.05, 0.1) is 10.6 Å². The molecule has 2 aromatic carbocycles. The summed E-state index contributed by atoms with van der Waals surface area (Å²) in [6.07, 6.45) is 0. The zero-order valence-corrected chi connectivity index (χ0v) is 16.8. The standard InChI is InChI=1S/C19H15BrN2O2S2/c20-13-3-1-4-16(11-13)26-12-18(23)21-14-6-8-15(9-7-14)22-19(24)17-5-2-10-25-17/h1-11H,12H2,(H,21,23)(H,22,24). The molecule has 0 aliphatic rings. The van der Waals surface area contributed by atoms with E-state index in [2.05, 4.69) is 26.6 Å². The third-order valence-corrected chi connectivity index (χ3v) is 5.69. The van der Waals surface area contributed by atoms with Crippen molar-refractivity contribution in [2.75, 3.05) is 16.4 Å². The van der Waals surface area contributed by atoms with Crippen molar-refractivity contribution in [2.45, 2.75) is 4.90 Å². The van der Waals surface area contributed by atoms with Crippen LogP contribution in [0.2, 0.25) is 0 Å². The topological polar surface area (TPSA) is 58.2 Å². The summed E-state index contributed by atoms with van der Waals surface area (Å²) in [5, 5.41) is 7.54. The number of benzene rings is 2. The van der Waals surface area contributed by atoms with Gasteiger partial charge < -0.3 is 10.6 Å². The highest BCUT2D eigenvalue weighted by molar-refractivity contribution is 9.10. The monoisotopic (exact) mass is 446 g/mol. The molecule has 0 aliphatic heterocycles. The molecule has 0 radical (unpaired) electrons. The summed E-state index contributed by atoms with van der Waals surface area (Å²) in [5.41, 5.74) is 1.38.